The molecule has 4 heteroatoms. The molecule has 1 aliphatic carbocycles. The lowest BCUT2D eigenvalue weighted by molar-refractivity contribution is -0.164. The highest BCUT2D eigenvalue weighted by Gasteiger charge is 2.43. The number of carboxylic acids is 1. The van der Waals surface area contributed by atoms with Gasteiger partial charge in [-0.2, -0.15) is 0 Å². The summed E-state index contributed by atoms with van der Waals surface area (Å²) in [5, 5.41) is 9.01. The van der Waals surface area contributed by atoms with Gasteiger partial charge < -0.3 is 9.84 Å². The first kappa shape index (κ1) is 9.49. The lowest BCUT2D eigenvalue weighted by atomic mass is 9.70. The van der Waals surface area contributed by atoms with E-state index in [1.54, 1.807) is 0 Å². The molecule has 2 fully saturated rings. The third-order valence-electron chi connectivity index (χ3n) is 3.38. The molecule has 0 aromatic heterocycles. The van der Waals surface area contributed by atoms with Crippen LogP contribution in [0.15, 0.2) is 0 Å². The number of rotatable bonds is 1. The second-order valence-electron chi connectivity index (χ2n) is 4.10. The molecule has 3 unspecified atom stereocenters. The number of hydrogen-bond donors (Lipinski definition) is 1. The molecule has 1 saturated heterocycles. The minimum Gasteiger partial charge on any atom is -0.481 e. The Hall–Kier alpha value is -1.06. The fraction of sp³-hybridized carbons (Fsp3) is 0.800. The van der Waals surface area contributed by atoms with Gasteiger partial charge in [0.05, 0.1) is 18.4 Å². The predicted octanol–water partition coefficient (Wildman–Crippen LogP) is 1.05. The molecule has 3 atom stereocenters. The van der Waals surface area contributed by atoms with Crippen LogP contribution >= 0.6 is 0 Å². The van der Waals surface area contributed by atoms with Crippen molar-refractivity contribution in [3.05, 3.63) is 0 Å². The zero-order valence-electron chi connectivity index (χ0n) is 7.94. The van der Waals surface area contributed by atoms with Crippen molar-refractivity contribution in [1.29, 1.82) is 0 Å². The van der Waals surface area contributed by atoms with Crippen molar-refractivity contribution in [2.45, 2.75) is 25.7 Å². The van der Waals surface area contributed by atoms with Crippen molar-refractivity contribution in [3.63, 3.8) is 0 Å². The van der Waals surface area contributed by atoms with Crippen molar-refractivity contribution >= 4 is 11.9 Å². The van der Waals surface area contributed by atoms with E-state index in [1.807, 2.05) is 0 Å². The topological polar surface area (TPSA) is 63.6 Å². The van der Waals surface area contributed by atoms with E-state index >= 15 is 0 Å². The van der Waals surface area contributed by atoms with E-state index in [2.05, 4.69) is 0 Å². The third kappa shape index (κ3) is 1.49. The highest BCUT2D eigenvalue weighted by Crippen LogP contribution is 2.40. The molecule has 4 nitrogen and oxygen atoms in total. The van der Waals surface area contributed by atoms with Gasteiger partial charge in [-0.05, 0) is 25.2 Å². The Labute approximate surface area is 82.2 Å². The second kappa shape index (κ2) is 3.59. The molecule has 0 radical (unpaired) electrons. The highest BCUT2D eigenvalue weighted by atomic mass is 16.5. The summed E-state index contributed by atoms with van der Waals surface area (Å²) in [5.41, 5.74) is 0. The second-order valence-corrected chi connectivity index (χ2v) is 4.10. The maximum atomic E-state index is 11.4. The Morgan fingerprint density at radius 1 is 1.36 bits per heavy atom. The highest BCUT2D eigenvalue weighted by molar-refractivity contribution is 5.77. The van der Waals surface area contributed by atoms with Crippen LogP contribution in [0.4, 0.5) is 0 Å². The van der Waals surface area contributed by atoms with Crippen LogP contribution in [0.2, 0.25) is 0 Å². The lowest BCUT2D eigenvalue weighted by Gasteiger charge is -2.37. The van der Waals surface area contributed by atoms with Crippen molar-refractivity contribution in [1.82, 2.24) is 0 Å². The van der Waals surface area contributed by atoms with Crippen LogP contribution in [0.5, 0.6) is 0 Å². The van der Waals surface area contributed by atoms with Gasteiger partial charge >= 0.3 is 11.9 Å². The SMILES string of the molecule is O=C(O)C1CCCC2C(=O)OCCC12. The van der Waals surface area contributed by atoms with Gasteiger partial charge in [0.1, 0.15) is 0 Å². The van der Waals surface area contributed by atoms with Gasteiger partial charge in [0, 0.05) is 0 Å². The summed E-state index contributed by atoms with van der Waals surface area (Å²) in [7, 11) is 0. The molecule has 1 N–H and O–H groups in total. The summed E-state index contributed by atoms with van der Waals surface area (Å²) in [6.07, 6.45) is 3.05. The molecule has 0 spiro atoms. The molecule has 2 rings (SSSR count). The minimum atomic E-state index is -0.755. The fourth-order valence-electron chi connectivity index (χ4n) is 2.67. The van der Waals surface area contributed by atoms with Crippen LogP contribution in [0, 0.1) is 17.8 Å². The predicted molar refractivity (Wildman–Crippen MR) is 47.5 cm³/mol. The summed E-state index contributed by atoms with van der Waals surface area (Å²) >= 11 is 0. The first-order valence-corrected chi connectivity index (χ1v) is 5.09. The molecular formula is C10H14O4. The van der Waals surface area contributed by atoms with Crippen molar-refractivity contribution < 1.29 is 19.4 Å². The van der Waals surface area contributed by atoms with Crippen LogP contribution in [0.1, 0.15) is 25.7 Å². The van der Waals surface area contributed by atoms with Gasteiger partial charge in [-0.1, -0.05) is 6.42 Å². The number of carboxylic acid groups (broad SMARTS) is 1. The van der Waals surface area contributed by atoms with E-state index < -0.39 is 5.97 Å². The Morgan fingerprint density at radius 3 is 2.86 bits per heavy atom. The first-order chi connectivity index (χ1) is 6.70. The van der Waals surface area contributed by atoms with Crippen LogP contribution in [0.25, 0.3) is 0 Å². The Morgan fingerprint density at radius 2 is 2.14 bits per heavy atom. The minimum absolute atomic E-state index is 0.0162. The normalized spacial score (nSPS) is 37.1. The van der Waals surface area contributed by atoms with E-state index in [0.717, 1.165) is 12.8 Å². The molecule has 1 aliphatic heterocycles. The van der Waals surface area contributed by atoms with E-state index in [4.69, 9.17) is 9.84 Å². The van der Waals surface area contributed by atoms with Crippen LogP contribution in [0.3, 0.4) is 0 Å². The fourth-order valence-corrected chi connectivity index (χ4v) is 2.67. The van der Waals surface area contributed by atoms with Crippen LogP contribution in [-0.4, -0.2) is 23.7 Å². The zero-order valence-corrected chi connectivity index (χ0v) is 7.94. The lowest BCUT2D eigenvalue weighted by Crippen LogP contribution is -2.42. The maximum absolute atomic E-state index is 11.4. The van der Waals surface area contributed by atoms with Crippen LogP contribution < -0.4 is 0 Å². The first-order valence-electron chi connectivity index (χ1n) is 5.09. The number of carbonyl (C=O) groups excluding carboxylic acids is 1. The summed E-state index contributed by atoms with van der Waals surface area (Å²) < 4.78 is 4.94. The number of hydrogen-bond acceptors (Lipinski definition) is 3. The van der Waals surface area contributed by atoms with Gasteiger partial charge in [0.25, 0.3) is 0 Å². The molecule has 1 saturated carbocycles. The quantitative estimate of drug-likeness (QED) is 0.639. The molecule has 0 amide bonds. The van der Waals surface area contributed by atoms with Crippen molar-refractivity contribution in [3.8, 4) is 0 Å². The Balaban J connectivity index is 2.15. The van der Waals surface area contributed by atoms with Gasteiger partial charge in [0.15, 0.2) is 0 Å². The summed E-state index contributed by atoms with van der Waals surface area (Å²) in [4.78, 5) is 22.3. The summed E-state index contributed by atoms with van der Waals surface area (Å²) in [6.45, 7) is 0.393. The largest absolute Gasteiger partial charge is 0.481 e. The van der Waals surface area contributed by atoms with Crippen molar-refractivity contribution in [2.75, 3.05) is 6.61 Å². The molecule has 14 heavy (non-hydrogen) atoms. The number of aliphatic carboxylic acids is 1. The van der Waals surface area contributed by atoms with E-state index in [9.17, 15) is 9.59 Å². The maximum Gasteiger partial charge on any atom is 0.309 e. The zero-order chi connectivity index (χ0) is 10.1. The Bertz CT molecular complexity index is 255. The summed E-state index contributed by atoms with van der Waals surface area (Å²) in [5.74, 6) is -1.41. The average Bonchev–Trinajstić information content (AvgIpc) is 2.17. The molecule has 0 aromatic carbocycles. The average molecular weight is 198 g/mol. The summed E-state index contributed by atoms with van der Waals surface area (Å²) in [6, 6.07) is 0. The Kier molecular flexibility index (Phi) is 2.44. The van der Waals surface area contributed by atoms with Crippen LogP contribution in [-0.2, 0) is 14.3 Å². The number of ether oxygens (including phenoxy) is 1. The van der Waals surface area contributed by atoms with Gasteiger partial charge in [-0.3, -0.25) is 9.59 Å². The number of esters is 1. The van der Waals surface area contributed by atoms with E-state index in [-0.39, 0.29) is 23.7 Å². The standard InChI is InChI=1S/C10H14O4/c11-9(12)7-2-1-3-8-6(7)4-5-14-10(8)13/h6-8H,1-5H2,(H,11,12). The van der Waals surface area contributed by atoms with Gasteiger partial charge in [-0.25, -0.2) is 0 Å². The molecular weight excluding hydrogens is 184 g/mol. The monoisotopic (exact) mass is 198 g/mol. The van der Waals surface area contributed by atoms with E-state index in [0.29, 0.717) is 19.4 Å². The molecule has 0 bridgehead atoms. The number of carbonyl (C=O) groups is 2. The molecule has 78 valence electrons. The number of cyclic esters (lactones) is 1. The third-order valence-corrected chi connectivity index (χ3v) is 3.38. The molecule has 1 heterocycles. The van der Waals surface area contributed by atoms with Gasteiger partial charge in [0.2, 0.25) is 0 Å². The molecule has 0 aromatic rings. The van der Waals surface area contributed by atoms with Crippen molar-refractivity contribution in [2.24, 2.45) is 17.8 Å². The van der Waals surface area contributed by atoms with E-state index in [1.165, 1.54) is 0 Å². The molecule has 2 aliphatic rings. The number of fused-ring (bicyclic) bond motifs is 1. The smallest absolute Gasteiger partial charge is 0.309 e. The van der Waals surface area contributed by atoms with Gasteiger partial charge in [-0.15, -0.1) is 0 Å².